The lowest BCUT2D eigenvalue weighted by atomic mass is 9.98. The minimum atomic E-state index is -0.994. The van der Waals surface area contributed by atoms with Crippen molar-refractivity contribution in [3.05, 3.63) is 35.9 Å². The average Bonchev–Trinajstić information content (AvgIpc) is 2.89. The van der Waals surface area contributed by atoms with Gasteiger partial charge in [-0.15, -0.1) is 0 Å². The number of carbonyl (C=O) groups is 5. The predicted molar refractivity (Wildman–Crippen MR) is 163 cm³/mol. The van der Waals surface area contributed by atoms with Crippen LogP contribution in [0, 0.1) is 23.7 Å². The molecule has 10 nitrogen and oxygen atoms in total. The van der Waals surface area contributed by atoms with Crippen molar-refractivity contribution in [2.75, 3.05) is 0 Å². The summed E-state index contributed by atoms with van der Waals surface area (Å²) < 4.78 is 0. The number of carbonyl (C=O) groups excluding carboxylic acids is 5. The molecule has 1 saturated heterocycles. The van der Waals surface area contributed by atoms with E-state index in [1.165, 1.54) is 0 Å². The lowest BCUT2D eigenvalue weighted by Crippen LogP contribution is -2.59. The van der Waals surface area contributed by atoms with Crippen LogP contribution < -0.4 is 26.6 Å². The molecular weight excluding hydrogens is 534 g/mol. The second-order valence-electron chi connectivity index (χ2n) is 13.1. The van der Waals surface area contributed by atoms with Crippen molar-refractivity contribution < 1.29 is 24.0 Å². The summed E-state index contributed by atoms with van der Waals surface area (Å²) in [6.45, 7) is 15.3. The van der Waals surface area contributed by atoms with Crippen molar-refractivity contribution in [3.8, 4) is 0 Å². The highest BCUT2D eigenvalue weighted by Crippen LogP contribution is 2.14. The van der Waals surface area contributed by atoms with Gasteiger partial charge in [-0.2, -0.15) is 0 Å². The highest BCUT2D eigenvalue weighted by Gasteiger charge is 2.36. The Kier molecular flexibility index (Phi) is 13.5. The first-order valence-corrected chi connectivity index (χ1v) is 15.2. The molecule has 1 aliphatic heterocycles. The van der Waals surface area contributed by atoms with Gasteiger partial charge in [-0.25, -0.2) is 0 Å². The summed E-state index contributed by atoms with van der Waals surface area (Å²) in [6.07, 6.45) is 1.21. The highest BCUT2D eigenvalue weighted by atomic mass is 16.2. The molecule has 1 heterocycles. The normalized spacial score (nSPS) is 25.0. The third-order valence-corrected chi connectivity index (χ3v) is 7.18. The summed E-state index contributed by atoms with van der Waals surface area (Å²) in [4.78, 5) is 68.0. The van der Waals surface area contributed by atoms with E-state index >= 15 is 0 Å². The zero-order valence-electron chi connectivity index (χ0n) is 26.5. The topological polar surface area (TPSA) is 146 Å². The van der Waals surface area contributed by atoms with Crippen LogP contribution in [0.15, 0.2) is 30.3 Å². The number of hydrogen-bond donors (Lipinski definition) is 5. The van der Waals surface area contributed by atoms with Crippen LogP contribution in [0.5, 0.6) is 0 Å². The van der Waals surface area contributed by atoms with Crippen LogP contribution in [0.25, 0.3) is 0 Å². The lowest BCUT2D eigenvalue weighted by molar-refractivity contribution is -0.135. The van der Waals surface area contributed by atoms with Gasteiger partial charge in [0.2, 0.25) is 29.5 Å². The molecule has 42 heavy (non-hydrogen) atoms. The average molecular weight is 586 g/mol. The van der Waals surface area contributed by atoms with Gasteiger partial charge in [0, 0.05) is 6.42 Å². The minimum absolute atomic E-state index is 0.0595. The Balaban J connectivity index is 2.59. The fourth-order valence-electron chi connectivity index (χ4n) is 5.04. The molecule has 2 rings (SSSR count). The molecule has 234 valence electrons. The minimum Gasteiger partial charge on any atom is -0.343 e. The third-order valence-electron chi connectivity index (χ3n) is 7.18. The SMILES string of the molecule is CC(C)C[C@@H]1NC(=O)[C@H](CC(C)C)NC(=O)[C@@H](Cc2ccccc2)NC(=O)[C@H](CC(C)C)NC(=O)[C@@H](C(C)C)NC1=O. The highest BCUT2D eigenvalue weighted by molar-refractivity contribution is 5.98. The molecule has 1 aromatic carbocycles. The van der Waals surface area contributed by atoms with E-state index in [1.807, 2.05) is 85.7 Å². The maximum absolute atomic E-state index is 13.7. The molecule has 1 fully saturated rings. The maximum Gasteiger partial charge on any atom is 0.243 e. The van der Waals surface area contributed by atoms with E-state index < -0.39 is 59.7 Å². The molecule has 0 aromatic heterocycles. The Morgan fingerprint density at radius 1 is 0.500 bits per heavy atom. The Labute approximate surface area is 250 Å². The second-order valence-corrected chi connectivity index (χ2v) is 13.1. The molecule has 0 spiro atoms. The summed E-state index contributed by atoms with van der Waals surface area (Å²) >= 11 is 0. The van der Waals surface area contributed by atoms with Gasteiger partial charge in [-0.3, -0.25) is 24.0 Å². The first-order valence-electron chi connectivity index (χ1n) is 15.2. The van der Waals surface area contributed by atoms with Crippen LogP contribution in [-0.2, 0) is 30.4 Å². The van der Waals surface area contributed by atoms with E-state index in [4.69, 9.17) is 0 Å². The van der Waals surface area contributed by atoms with Crippen LogP contribution in [0.1, 0.15) is 80.2 Å². The Morgan fingerprint density at radius 2 is 0.857 bits per heavy atom. The smallest absolute Gasteiger partial charge is 0.243 e. The van der Waals surface area contributed by atoms with Crippen molar-refractivity contribution >= 4 is 29.5 Å². The molecular formula is C32H51N5O5. The van der Waals surface area contributed by atoms with Crippen LogP contribution in [0.2, 0.25) is 0 Å². The molecule has 0 unspecified atom stereocenters. The number of amides is 5. The molecule has 5 atom stereocenters. The van der Waals surface area contributed by atoms with Gasteiger partial charge in [0.25, 0.3) is 0 Å². The monoisotopic (exact) mass is 585 g/mol. The zero-order valence-corrected chi connectivity index (χ0v) is 26.5. The molecule has 0 saturated carbocycles. The van der Waals surface area contributed by atoms with Crippen LogP contribution in [-0.4, -0.2) is 59.7 Å². The van der Waals surface area contributed by atoms with Crippen LogP contribution in [0.3, 0.4) is 0 Å². The first-order chi connectivity index (χ1) is 19.7. The van der Waals surface area contributed by atoms with Crippen molar-refractivity contribution in [1.82, 2.24) is 26.6 Å². The summed E-state index contributed by atoms with van der Waals surface area (Å²) in [5.74, 6) is -2.57. The number of benzene rings is 1. The largest absolute Gasteiger partial charge is 0.343 e. The summed E-state index contributed by atoms with van der Waals surface area (Å²) in [5.41, 5.74) is 0.830. The van der Waals surface area contributed by atoms with Crippen molar-refractivity contribution in [1.29, 1.82) is 0 Å². The summed E-state index contributed by atoms with van der Waals surface area (Å²) in [6, 6.07) is 4.61. The van der Waals surface area contributed by atoms with E-state index in [0.29, 0.717) is 19.3 Å². The number of rotatable bonds is 9. The fraction of sp³-hybridized carbons (Fsp3) is 0.656. The summed E-state index contributed by atoms with van der Waals surface area (Å²) in [7, 11) is 0. The maximum atomic E-state index is 13.7. The molecule has 1 aromatic rings. The van der Waals surface area contributed by atoms with Crippen LogP contribution in [0.4, 0.5) is 0 Å². The van der Waals surface area contributed by atoms with Crippen molar-refractivity contribution in [2.45, 2.75) is 111 Å². The van der Waals surface area contributed by atoms with Gasteiger partial charge >= 0.3 is 0 Å². The molecule has 0 bridgehead atoms. The lowest BCUT2D eigenvalue weighted by Gasteiger charge is -2.28. The molecule has 1 aliphatic rings. The molecule has 10 heteroatoms. The number of hydrogen-bond acceptors (Lipinski definition) is 5. The number of nitrogens with one attached hydrogen (secondary N) is 5. The summed E-state index contributed by atoms with van der Waals surface area (Å²) in [5, 5.41) is 14.2. The van der Waals surface area contributed by atoms with E-state index in [-0.39, 0.29) is 30.1 Å². The van der Waals surface area contributed by atoms with Crippen LogP contribution >= 0.6 is 0 Å². The quantitative estimate of drug-likeness (QED) is 0.302. The second kappa shape index (κ2) is 16.3. The Hall–Kier alpha value is -3.43. The Morgan fingerprint density at radius 3 is 1.26 bits per heavy atom. The van der Waals surface area contributed by atoms with E-state index in [2.05, 4.69) is 26.6 Å². The predicted octanol–water partition coefficient (Wildman–Crippen LogP) is 2.46. The van der Waals surface area contributed by atoms with Gasteiger partial charge < -0.3 is 26.6 Å². The molecule has 5 N–H and O–H groups in total. The van der Waals surface area contributed by atoms with E-state index in [0.717, 1.165) is 5.56 Å². The zero-order chi connectivity index (χ0) is 31.6. The van der Waals surface area contributed by atoms with Gasteiger partial charge in [0.15, 0.2) is 0 Å². The Bertz CT molecular complexity index is 1070. The van der Waals surface area contributed by atoms with E-state index in [9.17, 15) is 24.0 Å². The standard InChI is InChI=1S/C32H51N5O5/c1-18(2)14-23-28(38)34-25(16-20(5)6)31(41)37-27(21(7)8)32(42)36-24(15-19(3)4)29(39)35-26(30(40)33-23)17-22-12-10-9-11-13-22/h9-13,18-21,23-27H,14-17H2,1-8H3,(H,33,40)(H,34,38)(H,35,39)(H,36,42)(H,37,41)/t23-,24-,25-,26+,27+/m0/s1. The molecule has 5 amide bonds. The fourth-order valence-corrected chi connectivity index (χ4v) is 5.04. The van der Waals surface area contributed by atoms with Crippen molar-refractivity contribution in [2.24, 2.45) is 23.7 Å². The van der Waals surface area contributed by atoms with Crippen molar-refractivity contribution in [3.63, 3.8) is 0 Å². The van der Waals surface area contributed by atoms with Gasteiger partial charge in [-0.1, -0.05) is 85.7 Å². The van der Waals surface area contributed by atoms with Gasteiger partial charge in [0.05, 0.1) is 0 Å². The van der Waals surface area contributed by atoms with Gasteiger partial charge in [0.1, 0.15) is 30.2 Å². The van der Waals surface area contributed by atoms with E-state index in [1.54, 1.807) is 0 Å². The third kappa shape index (κ3) is 11.1. The molecule has 0 aliphatic carbocycles. The molecule has 0 radical (unpaired) electrons. The first kappa shape index (κ1) is 34.8. The van der Waals surface area contributed by atoms with Gasteiger partial charge in [-0.05, 0) is 48.5 Å².